The van der Waals surface area contributed by atoms with Crippen molar-refractivity contribution in [2.75, 3.05) is 0 Å². The molecule has 0 amide bonds. The largest absolute Gasteiger partial charge is 0.459 e. The van der Waals surface area contributed by atoms with Crippen LogP contribution in [0.2, 0.25) is 0 Å². The van der Waals surface area contributed by atoms with Crippen LogP contribution in [0, 0.1) is 0 Å². The van der Waals surface area contributed by atoms with Gasteiger partial charge in [0.1, 0.15) is 11.7 Å². The van der Waals surface area contributed by atoms with Gasteiger partial charge in [-0.1, -0.05) is 0 Å². The van der Waals surface area contributed by atoms with E-state index in [9.17, 15) is 22.0 Å². The second kappa shape index (κ2) is 3.38. The van der Waals surface area contributed by atoms with E-state index < -0.39 is 17.8 Å². The molecule has 0 aliphatic heterocycles. The quantitative estimate of drug-likeness (QED) is 0.568. The minimum Gasteiger partial charge on any atom is -0.257 e. The molecule has 0 unspecified atom stereocenters. The standard InChI is InChI=1S/C6H4ClF5N2/c7-3-14-2-1-4(13-14)5(8,9)6(10,11)12/h1-2H,3H2. The summed E-state index contributed by atoms with van der Waals surface area (Å²) in [5.41, 5.74) is -1.36. The van der Waals surface area contributed by atoms with Crippen LogP contribution in [0.15, 0.2) is 12.3 Å². The zero-order valence-electron chi connectivity index (χ0n) is 6.52. The van der Waals surface area contributed by atoms with Gasteiger partial charge in [-0.3, -0.25) is 4.68 Å². The average Bonchev–Trinajstić information content (AvgIpc) is 2.49. The maximum Gasteiger partial charge on any atom is 0.459 e. The molecule has 0 N–H and O–H groups in total. The highest BCUT2D eigenvalue weighted by Crippen LogP contribution is 2.42. The Morgan fingerprint density at radius 2 is 1.86 bits per heavy atom. The SMILES string of the molecule is FC(F)(F)C(F)(F)c1ccn(CCl)n1. The third-order valence-corrected chi connectivity index (χ3v) is 1.69. The van der Waals surface area contributed by atoms with Gasteiger partial charge in [-0.05, 0) is 6.07 Å². The molecular weight excluding hydrogens is 231 g/mol. The zero-order chi connectivity index (χ0) is 11.0. The first-order chi connectivity index (χ1) is 6.29. The maximum atomic E-state index is 12.6. The number of hydrogen-bond donors (Lipinski definition) is 0. The number of hydrogen-bond acceptors (Lipinski definition) is 1. The molecule has 0 bridgehead atoms. The molecule has 0 radical (unpaired) electrons. The third kappa shape index (κ3) is 1.82. The van der Waals surface area contributed by atoms with Gasteiger partial charge in [0.15, 0.2) is 0 Å². The lowest BCUT2D eigenvalue weighted by molar-refractivity contribution is -0.291. The molecule has 0 saturated heterocycles. The van der Waals surface area contributed by atoms with Gasteiger partial charge in [-0.15, -0.1) is 11.6 Å². The van der Waals surface area contributed by atoms with Crippen LogP contribution in [0.3, 0.4) is 0 Å². The van der Waals surface area contributed by atoms with Gasteiger partial charge in [-0.25, -0.2) is 0 Å². The van der Waals surface area contributed by atoms with E-state index in [0.29, 0.717) is 6.07 Å². The minimum atomic E-state index is -5.64. The highest BCUT2D eigenvalue weighted by molar-refractivity contribution is 6.15. The van der Waals surface area contributed by atoms with E-state index in [4.69, 9.17) is 11.6 Å². The molecule has 1 heterocycles. The average molecular weight is 235 g/mol. The third-order valence-electron chi connectivity index (χ3n) is 1.44. The summed E-state index contributed by atoms with van der Waals surface area (Å²) in [7, 11) is 0. The molecule has 8 heteroatoms. The number of nitrogens with zero attached hydrogens (tertiary/aromatic N) is 2. The van der Waals surface area contributed by atoms with Crippen molar-refractivity contribution < 1.29 is 22.0 Å². The molecule has 1 aromatic rings. The molecule has 14 heavy (non-hydrogen) atoms. The summed E-state index contributed by atoms with van der Waals surface area (Å²) in [6, 6.07) is 0.295. The molecule has 80 valence electrons. The summed E-state index contributed by atoms with van der Waals surface area (Å²) in [6.45, 7) is 0. The second-order valence-electron chi connectivity index (χ2n) is 2.43. The Bertz CT molecular complexity index is 318. The van der Waals surface area contributed by atoms with Crippen LogP contribution in [0.1, 0.15) is 5.69 Å². The summed E-state index contributed by atoms with van der Waals surface area (Å²) >= 11 is 5.18. The van der Waals surface area contributed by atoms with Crippen LogP contribution in [-0.4, -0.2) is 16.0 Å². The fourth-order valence-corrected chi connectivity index (χ4v) is 0.874. The molecule has 1 rings (SSSR count). The van der Waals surface area contributed by atoms with Crippen molar-refractivity contribution in [1.82, 2.24) is 9.78 Å². The fourth-order valence-electron chi connectivity index (χ4n) is 0.741. The van der Waals surface area contributed by atoms with Crippen LogP contribution < -0.4 is 0 Å². The van der Waals surface area contributed by atoms with Crippen molar-refractivity contribution in [3.8, 4) is 0 Å². The van der Waals surface area contributed by atoms with Crippen molar-refractivity contribution in [1.29, 1.82) is 0 Å². The Morgan fingerprint density at radius 3 is 2.21 bits per heavy atom. The molecule has 0 saturated carbocycles. The Kier molecular flexibility index (Phi) is 2.71. The van der Waals surface area contributed by atoms with E-state index in [-0.39, 0.29) is 6.00 Å². The van der Waals surface area contributed by atoms with E-state index in [1.165, 1.54) is 0 Å². The van der Waals surface area contributed by atoms with Crippen LogP contribution in [0.25, 0.3) is 0 Å². The topological polar surface area (TPSA) is 17.8 Å². The van der Waals surface area contributed by atoms with Gasteiger partial charge >= 0.3 is 12.1 Å². The van der Waals surface area contributed by atoms with Crippen LogP contribution in [0.5, 0.6) is 0 Å². The summed E-state index contributed by atoms with van der Waals surface area (Å²) in [4.78, 5) is 0. The summed E-state index contributed by atoms with van der Waals surface area (Å²) in [5, 5.41) is 2.98. The molecule has 2 nitrogen and oxygen atoms in total. The zero-order valence-corrected chi connectivity index (χ0v) is 7.28. The molecule has 0 aliphatic rings. The molecular formula is C6H4ClF5N2. The summed E-state index contributed by atoms with van der Waals surface area (Å²) < 4.78 is 61.3. The lowest BCUT2D eigenvalue weighted by Crippen LogP contribution is -2.34. The summed E-state index contributed by atoms with van der Waals surface area (Å²) in [6.07, 6.45) is -4.69. The first-order valence-corrected chi connectivity index (χ1v) is 3.87. The van der Waals surface area contributed by atoms with Crippen LogP contribution in [0.4, 0.5) is 22.0 Å². The van der Waals surface area contributed by atoms with E-state index in [0.717, 1.165) is 10.9 Å². The van der Waals surface area contributed by atoms with Crippen LogP contribution in [-0.2, 0) is 11.9 Å². The van der Waals surface area contributed by atoms with Gasteiger partial charge in [0.25, 0.3) is 0 Å². The maximum absolute atomic E-state index is 12.6. The number of aromatic nitrogens is 2. The first-order valence-electron chi connectivity index (χ1n) is 3.33. The minimum absolute atomic E-state index is 0.284. The molecule has 0 spiro atoms. The predicted molar refractivity (Wildman–Crippen MR) is 38.0 cm³/mol. The molecule has 0 fully saturated rings. The second-order valence-corrected chi connectivity index (χ2v) is 2.67. The Balaban J connectivity index is 3.04. The van der Waals surface area contributed by atoms with Gasteiger partial charge in [0, 0.05) is 6.20 Å². The highest BCUT2D eigenvalue weighted by atomic mass is 35.5. The Labute approximate surface area is 80.3 Å². The predicted octanol–water partition coefficient (Wildman–Crippen LogP) is 2.73. The van der Waals surface area contributed by atoms with Crippen molar-refractivity contribution in [3.63, 3.8) is 0 Å². The van der Waals surface area contributed by atoms with Crippen molar-refractivity contribution in [3.05, 3.63) is 18.0 Å². The van der Waals surface area contributed by atoms with Crippen molar-refractivity contribution >= 4 is 11.6 Å². The molecule has 0 aliphatic carbocycles. The molecule has 0 aromatic carbocycles. The number of halogens is 6. The molecule has 1 aromatic heterocycles. The Hall–Kier alpha value is -0.850. The fraction of sp³-hybridized carbons (Fsp3) is 0.500. The van der Waals surface area contributed by atoms with Crippen LogP contribution >= 0.6 is 11.6 Å². The highest BCUT2D eigenvalue weighted by Gasteiger charge is 2.60. The normalized spacial score (nSPS) is 13.3. The molecule has 0 atom stereocenters. The van der Waals surface area contributed by atoms with Crippen molar-refractivity contribution in [2.45, 2.75) is 18.1 Å². The lowest BCUT2D eigenvalue weighted by atomic mass is 10.2. The Morgan fingerprint density at radius 1 is 1.29 bits per heavy atom. The van der Waals surface area contributed by atoms with E-state index in [1.54, 1.807) is 0 Å². The van der Waals surface area contributed by atoms with Gasteiger partial charge in [-0.2, -0.15) is 27.1 Å². The smallest absolute Gasteiger partial charge is 0.257 e. The number of rotatable bonds is 2. The van der Waals surface area contributed by atoms with E-state index in [1.807, 2.05) is 0 Å². The first kappa shape index (κ1) is 11.2. The van der Waals surface area contributed by atoms with Gasteiger partial charge < -0.3 is 0 Å². The summed E-state index contributed by atoms with van der Waals surface area (Å²) in [5.74, 6) is -4.94. The number of alkyl halides is 6. The van der Waals surface area contributed by atoms with E-state index >= 15 is 0 Å². The monoisotopic (exact) mass is 234 g/mol. The lowest BCUT2D eigenvalue weighted by Gasteiger charge is -2.16. The van der Waals surface area contributed by atoms with Crippen molar-refractivity contribution in [2.24, 2.45) is 0 Å². The van der Waals surface area contributed by atoms with Gasteiger partial charge in [0.2, 0.25) is 0 Å². The van der Waals surface area contributed by atoms with E-state index in [2.05, 4.69) is 5.10 Å². The van der Waals surface area contributed by atoms with Gasteiger partial charge in [0.05, 0.1) is 0 Å².